The molecule has 0 aromatic carbocycles. The van der Waals surface area contributed by atoms with Crippen molar-refractivity contribution in [2.24, 2.45) is 7.05 Å². The molecule has 4 rings (SSSR count). The largest absolute Gasteiger partial charge is 0.364 e. The Morgan fingerprint density at radius 3 is 2.53 bits per heavy atom. The van der Waals surface area contributed by atoms with Crippen molar-refractivity contribution < 1.29 is 9.59 Å². The number of aromatic nitrogens is 4. The number of nitrogens with one attached hydrogen (secondary N) is 1. The number of aryl methyl sites for hydroxylation is 1. The lowest BCUT2D eigenvalue weighted by atomic mass is 10.2. The fourth-order valence-corrected chi connectivity index (χ4v) is 3.84. The third kappa shape index (κ3) is 3.81. The topological polar surface area (TPSA) is 99.5 Å². The molecule has 30 heavy (non-hydrogen) atoms. The Hall–Kier alpha value is -3.17. The Bertz CT molecular complexity index is 962. The van der Waals surface area contributed by atoms with E-state index in [1.165, 1.54) is 0 Å². The molecule has 0 aliphatic carbocycles. The molecule has 10 heteroatoms. The molecule has 0 radical (unpaired) electrons. The normalized spacial score (nSPS) is 16.4. The van der Waals surface area contributed by atoms with Crippen LogP contribution in [-0.4, -0.2) is 73.4 Å². The first-order valence-corrected chi connectivity index (χ1v) is 10.3. The van der Waals surface area contributed by atoms with Gasteiger partial charge in [-0.15, -0.1) is 0 Å². The molecule has 2 aromatic rings. The summed E-state index contributed by atoms with van der Waals surface area (Å²) in [5.41, 5.74) is 2.19. The van der Waals surface area contributed by atoms with E-state index in [1.54, 1.807) is 13.3 Å². The molecule has 0 saturated carbocycles. The minimum atomic E-state index is -0.0630. The Kier molecular flexibility index (Phi) is 5.31. The van der Waals surface area contributed by atoms with Crippen molar-refractivity contribution in [3.63, 3.8) is 0 Å². The van der Waals surface area contributed by atoms with Crippen LogP contribution in [0, 0.1) is 0 Å². The first-order chi connectivity index (χ1) is 14.3. The molecule has 2 aliphatic rings. The lowest BCUT2D eigenvalue weighted by molar-refractivity contribution is -0.129. The molecule has 2 aromatic heterocycles. The molecule has 10 nitrogen and oxygen atoms in total. The van der Waals surface area contributed by atoms with Gasteiger partial charge in [-0.25, -0.2) is 9.97 Å². The first kappa shape index (κ1) is 20.1. The van der Waals surface area contributed by atoms with E-state index in [0.717, 1.165) is 11.3 Å². The highest BCUT2D eigenvalue weighted by Crippen LogP contribution is 2.30. The minimum Gasteiger partial charge on any atom is -0.364 e. The van der Waals surface area contributed by atoms with Gasteiger partial charge in [-0.3, -0.25) is 9.59 Å². The van der Waals surface area contributed by atoms with Crippen LogP contribution >= 0.6 is 0 Å². The zero-order valence-corrected chi connectivity index (χ0v) is 17.9. The number of hydrogen-bond donors (Lipinski definition) is 1. The highest BCUT2D eigenvalue weighted by Gasteiger charge is 2.35. The number of anilines is 2. The third-order valence-electron chi connectivity index (χ3n) is 5.61. The van der Waals surface area contributed by atoms with E-state index in [4.69, 9.17) is 4.98 Å². The summed E-state index contributed by atoms with van der Waals surface area (Å²) in [7, 11) is 1.93. The summed E-state index contributed by atoms with van der Waals surface area (Å²) in [5.74, 6) is 1.21. The maximum atomic E-state index is 13.0. The molecule has 0 atom stereocenters. The summed E-state index contributed by atoms with van der Waals surface area (Å²) in [6.45, 7) is 9.12. The minimum absolute atomic E-state index is 0.0630. The lowest BCUT2D eigenvalue weighted by Gasteiger charge is -2.34. The molecule has 0 unspecified atom stereocenters. The highest BCUT2D eigenvalue weighted by atomic mass is 16.2. The molecule has 160 valence electrons. The summed E-state index contributed by atoms with van der Waals surface area (Å²) in [6, 6.07) is 0.0814. The Balaban J connectivity index is 1.62. The molecule has 4 heterocycles. The van der Waals surface area contributed by atoms with Gasteiger partial charge in [0.15, 0.2) is 0 Å². The number of hydrogen-bond acceptors (Lipinski definition) is 7. The second kappa shape index (κ2) is 7.92. The van der Waals surface area contributed by atoms with Crippen molar-refractivity contribution in [1.82, 2.24) is 29.3 Å². The predicted octanol–water partition coefficient (Wildman–Crippen LogP) is 0.855. The Labute approximate surface area is 175 Å². The average Bonchev–Trinajstić information content (AvgIpc) is 3.29. The summed E-state index contributed by atoms with van der Waals surface area (Å²) < 4.78 is 1.89. The first-order valence-electron chi connectivity index (χ1n) is 10.3. The second-order valence-corrected chi connectivity index (χ2v) is 8.10. The number of fused-ring (bicyclic) bond motifs is 1. The van der Waals surface area contributed by atoms with Crippen LogP contribution in [0.2, 0.25) is 0 Å². The summed E-state index contributed by atoms with van der Waals surface area (Å²) in [4.78, 5) is 44.0. The SMILES string of the molecule is CC(=O)N1CCN(c2nc(NCc3cn(C)cn3)c3c(n2)C(=O)N(C(C)C)C3)CC1. The summed E-state index contributed by atoms with van der Waals surface area (Å²) >= 11 is 0. The van der Waals surface area contributed by atoms with Crippen molar-refractivity contribution in [3.05, 3.63) is 29.5 Å². The van der Waals surface area contributed by atoms with Crippen molar-refractivity contribution in [3.8, 4) is 0 Å². The van der Waals surface area contributed by atoms with Crippen LogP contribution in [0.5, 0.6) is 0 Å². The van der Waals surface area contributed by atoms with Gasteiger partial charge in [-0.1, -0.05) is 0 Å². The van der Waals surface area contributed by atoms with Crippen LogP contribution in [0.25, 0.3) is 0 Å². The van der Waals surface area contributed by atoms with Gasteiger partial charge < -0.3 is 24.6 Å². The Morgan fingerprint density at radius 2 is 1.93 bits per heavy atom. The maximum Gasteiger partial charge on any atom is 0.273 e. The molecule has 2 aliphatic heterocycles. The molecular weight excluding hydrogens is 384 g/mol. The number of rotatable bonds is 5. The van der Waals surface area contributed by atoms with Gasteiger partial charge in [0.2, 0.25) is 11.9 Å². The van der Waals surface area contributed by atoms with E-state index in [-0.39, 0.29) is 17.9 Å². The van der Waals surface area contributed by atoms with Gasteiger partial charge in [0.25, 0.3) is 5.91 Å². The number of carbonyl (C=O) groups excluding carboxylic acids is 2. The van der Waals surface area contributed by atoms with Crippen LogP contribution in [0.3, 0.4) is 0 Å². The molecule has 1 saturated heterocycles. The van der Waals surface area contributed by atoms with Gasteiger partial charge in [0.05, 0.1) is 25.1 Å². The van der Waals surface area contributed by atoms with Gasteiger partial charge in [0.1, 0.15) is 11.5 Å². The van der Waals surface area contributed by atoms with Crippen molar-refractivity contribution in [2.45, 2.75) is 39.9 Å². The molecule has 0 spiro atoms. The maximum absolute atomic E-state index is 13.0. The summed E-state index contributed by atoms with van der Waals surface area (Å²) in [5, 5.41) is 3.36. The number of amides is 2. The third-order valence-corrected chi connectivity index (χ3v) is 5.61. The molecule has 0 bridgehead atoms. The van der Waals surface area contributed by atoms with Crippen LogP contribution in [0.1, 0.15) is 42.5 Å². The smallest absolute Gasteiger partial charge is 0.273 e. The zero-order valence-electron chi connectivity index (χ0n) is 17.9. The zero-order chi connectivity index (χ0) is 21.4. The van der Waals surface area contributed by atoms with E-state index in [9.17, 15) is 9.59 Å². The van der Waals surface area contributed by atoms with Gasteiger partial charge in [-0.05, 0) is 13.8 Å². The van der Waals surface area contributed by atoms with Crippen LogP contribution < -0.4 is 10.2 Å². The fourth-order valence-electron chi connectivity index (χ4n) is 3.84. The van der Waals surface area contributed by atoms with E-state index in [1.807, 2.05) is 46.4 Å². The van der Waals surface area contributed by atoms with Crippen molar-refractivity contribution in [1.29, 1.82) is 0 Å². The molecule has 2 amide bonds. The average molecular weight is 412 g/mol. The lowest BCUT2D eigenvalue weighted by Crippen LogP contribution is -2.48. The highest BCUT2D eigenvalue weighted by molar-refractivity contribution is 5.98. The van der Waals surface area contributed by atoms with Crippen molar-refractivity contribution >= 4 is 23.6 Å². The number of imidazole rings is 1. The van der Waals surface area contributed by atoms with E-state index < -0.39 is 0 Å². The number of nitrogens with zero attached hydrogens (tertiary/aromatic N) is 7. The Morgan fingerprint density at radius 1 is 1.20 bits per heavy atom. The fraction of sp³-hybridized carbons (Fsp3) is 0.550. The number of carbonyl (C=O) groups is 2. The predicted molar refractivity (Wildman–Crippen MR) is 112 cm³/mol. The quantitative estimate of drug-likeness (QED) is 0.777. The standard InChI is InChI=1S/C20H28N8O2/c1-13(2)28-11-16-17(19(28)30)23-20(27-7-5-26(6-8-27)14(3)29)24-18(16)21-9-15-10-25(4)12-22-15/h10,12-13H,5-9,11H2,1-4H3,(H,21,23,24). The summed E-state index contributed by atoms with van der Waals surface area (Å²) in [6.07, 6.45) is 3.70. The van der Waals surface area contributed by atoms with Crippen LogP contribution in [0.15, 0.2) is 12.5 Å². The van der Waals surface area contributed by atoms with Crippen LogP contribution in [-0.2, 0) is 24.9 Å². The van der Waals surface area contributed by atoms with Crippen LogP contribution in [0.4, 0.5) is 11.8 Å². The van der Waals surface area contributed by atoms with E-state index in [0.29, 0.717) is 56.7 Å². The van der Waals surface area contributed by atoms with E-state index >= 15 is 0 Å². The van der Waals surface area contributed by atoms with Gasteiger partial charge >= 0.3 is 0 Å². The second-order valence-electron chi connectivity index (χ2n) is 8.10. The molecular formula is C20H28N8O2. The van der Waals surface area contributed by atoms with Gasteiger partial charge in [0, 0.05) is 58.0 Å². The van der Waals surface area contributed by atoms with Gasteiger partial charge in [-0.2, -0.15) is 4.98 Å². The van der Waals surface area contributed by atoms with E-state index in [2.05, 4.69) is 15.3 Å². The number of piperazine rings is 1. The molecule has 1 fully saturated rings. The monoisotopic (exact) mass is 412 g/mol. The molecule has 1 N–H and O–H groups in total. The van der Waals surface area contributed by atoms with Crippen molar-refractivity contribution in [2.75, 3.05) is 36.4 Å².